The van der Waals surface area contributed by atoms with Crippen LogP contribution in [-0.2, 0) is 19.9 Å². The normalized spacial score (nSPS) is 21.0. The number of benzene rings is 1. The van der Waals surface area contributed by atoms with Gasteiger partial charge in [-0.1, -0.05) is 6.92 Å². The summed E-state index contributed by atoms with van der Waals surface area (Å²) < 4.78 is 55.6. The zero-order valence-electron chi connectivity index (χ0n) is 13.6. The molecule has 1 heterocycles. The Bertz CT molecular complexity index is 739. The lowest BCUT2D eigenvalue weighted by atomic mass is 10.3. The van der Waals surface area contributed by atoms with Crippen molar-refractivity contribution in [3.63, 3.8) is 0 Å². The first-order valence-electron chi connectivity index (χ1n) is 7.64. The molecule has 1 atom stereocenters. The summed E-state index contributed by atoms with van der Waals surface area (Å²) >= 11 is 0. The molecule has 8 heteroatoms. The third-order valence-corrected chi connectivity index (χ3v) is 7.52. The van der Waals surface area contributed by atoms with Gasteiger partial charge in [-0.15, -0.1) is 0 Å². The van der Waals surface area contributed by atoms with Crippen molar-refractivity contribution in [1.82, 2.24) is 4.31 Å². The third kappa shape index (κ3) is 4.24. The molecule has 6 nitrogen and oxygen atoms in total. The van der Waals surface area contributed by atoms with Crippen molar-refractivity contribution in [3.05, 3.63) is 24.3 Å². The number of hydrogen-bond donors (Lipinski definition) is 0. The van der Waals surface area contributed by atoms with E-state index in [1.54, 1.807) is 19.1 Å². The van der Waals surface area contributed by atoms with Crippen molar-refractivity contribution in [2.75, 3.05) is 18.1 Å². The van der Waals surface area contributed by atoms with Crippen LogP contribution < -0.4 is 4.74 Å². The summed E-state index contributed by atoms with van der Waals surface area (Å²) in [5.41, 5.74) is 0. The monoisotopic (exact) mass is 361 g/mol. The Balaban J connectivity index is 2.25. The minimum Gasteiger partial charge on any atom is -0.491 e. The van der Waals surface area contributed by atoms with Gasteiger partial charge in [0.1, 0.15) is 5.75 Å². The van der Waals surface area contributed by atoms with Gasteiger partial charge in [-0.05, 0) is 44.5 Å². The SMILES string of the molecule is CCN(C1CCS(=O)(=O)C1)S(=O)(=O)c1ccc(OC(C)C)cc1. The molecule has 1 saturated heterocycles. The summed E-state index contributed by atoms with van der Waals surface area (Å²) in [6.45, 7) is 5.75. The number of ether oxygens (including phenoxy) is 1. The molecular formula is C15H23NO5S2. The smallest absolute Gasteiger partial charge is 0.243 e. The van der Waals surface area contributed by atoms with Crippen LogP contribution in [0.4, 0.5) is 0 Å². The fourth-order valence-corrected chi connectivity index (χ4v) is 6.21. The molecule has 1 aliphatic rings. The standard InChI is InChI=1S/C15H23NO5S2/c1-4-16(13-9-10-22(17,18)11-13)23(19,20)15-7-5-14(6-8-15)21-12(2)3/h5-8,12-13H,4,9-11H2,1-3H3. The Morgan fingerprint density at radius 3 is 2.30 bits per heavy atom. The molecule has 0 aliphatic carbocycles. The molecule has 0 spiro atoms. The predicted octanol–water partition coefficient (Wildman–Crippen LogP) is 1.67. The highest BCUT2D eigenvalue weighted by atomic mass is 32.2. The molecule has 0 N–H and O–H groups in total. The van der Waals surface area contributed by atoms with Crippen LogP contribution in [0, 0.1) is 0 Å². The molecule has 1 aromatic carbocycles. The molecule has 0 saturated carbocycles. The Morgan fingerprint density at radius 2 is 1.87 bits per heavy atom. The van der Waals surface area contributed by atoms with Gasteiger partial charge in [-0.3, -0.25) is 0 Å². The van der Waals surface area contributed by atoms with Crippen molar-refractivity contribution in [2.24, 2.45) is 0 Å². The maximum absolute atomic E-state index is 12.8. The minimum atomic E-state index is -3.72. The van der Waals surface area contributed by atoms with E-state index < -0.39 is 25.9 Å². The summed E-state index contributed by atoms with van der Waals surface area (Å²) in [6.07, 6.45) is 0.359. The molecule has 0 amide bonds. The summed E-state index contributed by atoms with van der Waals surface area (Å²) in [5, 5.41) is 0. The zero-order chi connectivity index (χ0) is 17.3. The number of hydrogen-bond acceptors (Lipinski definition) is 5. The van der Waals surface area contributed by atoms with E-state index in [1.165, 1.54) is 16.4 Å². The van der Waals surface area contributed by atoms with E-state index >= 15 is 0 Å². The van der Waals surface area contributed by atoms with E-state index in [0.29, 0.717) is 12.2 Å². The van der Waals surface area contributed by atoms with Gasteiger partial charge in [0.25, 0.3) is 0 Å². The van der Waals surface area contributed by atoms with E-state index in [4.69, 9.17) is 4.74 Å². The topological polar surface area (TPSA) is 80.8 Å². The second kappa shape index (κ2) is 6.78. The molecule has 1 aromatic rings. The van der Waals surface area contributed by atoms with E-state index in [0.717, 1.165) is 0 Å². The highest BCUT2D eigenvalue weighted by Crippen LogP contribution is 2.26. The number of sulfonamides is 1. The van der Waals surface area contributed by atoms with Crippen molar-refractivity contribution in [3.8, 4) is 5.75 Å². The Labute approximate surface area is 138 Å². The predicted molar refractivity (Wildman–Crippen MR) is 88.8 cm³/mol. The van der Waals surface area contributed by atoms with Gasteiger partial charge in [-0.2, -0.15) is 4.31 Å². The lowest BCUT2D eigenvalue weighted by Gasteiger charge is -2.26. The molecule has 2 rings (SSSR count). The summed E-state index contributed by atoms with van der Waals surface area (Å²) in [6, 6.07) is 5.75. The van der Waals surface area contributed by atoms with Crippen molar-refractivity contribution < 1.29 is 21.6 Å². The highest BCUT2D eigenvalue weighted by Gasteiger charge is 2.37. The number of sulfone groups is 1. The van der Waals surface area contributed by atoms with E-state index in [9.17, 15) is 16.8 Å². The lowest BCUT2D eigenvalue weighted by molar-refractivity contribution is 0.242. The molecule has 0 bridgehead atoms. The zero-order valence-corrected chi connectivity index (χ0v) is 15.2. The molecule has 1 unspecified atom stereocenters. The minimum absolute atomic E-state index is 0.00768. The van der Waals surface area contributed by atoms with Crippen LogP contribution in [0.3, 0.4) is 0 Å². The van der Waals surface area contributed by atoms with Crippen molar-refractivity contribution >= 4 is 19.9 Å². The average molecular weight is 361 g/mol. The Morgan fingerprint density at radius 1 is 1.26 bits per heavy atom. The maximum atomic E-state index is 12.8. The van der Waals surface area contributed by atoms with Gasteiger partial charge in [0.2, 0.25) is 10.0 Å². The molecule has 1 fully saturated rings. The Hall–Kier alpha value is -1.12. The Kier molecular flexibility index (Phi) is 5.37. The van der Waals surface area contributed by atoms with Gasteiger partial charge < -0.3 is 4.74 Å². The van der Waals surface area contributed by atoms with Crippen LogP contribution in [0.25, 0.3) is 0 Å². The van der Waals surface area contributed by atoms with Gasteiger partial charge in [0.05, 0.1) is 22.5 Å². The van der Waals surface area contributed by atoms with E-state index in [-0.39, 0.29) is 29.0 Å². The number of nitrogens with zero attached hydrogens (tertiary/aromatic N) is 1. The van der Waals surface area contributed by atoms with Crippen LogP contribution in [0.1, 0.15) is 27.2 Å². The molecule has 0 aromatic heterocycles. The number of rotatable bonds is 6. The fraction of sp³-hybridized carbons (Fsp3) is 0.600. The van der Waals surface area contributed by atoms with Crippen molar-refractivity contribution in [2.45, 2.75) is 44.2 Å². The first kappa shape index (κ1) is 18.2. The van der Waals surface area contributed by atoms with Crippen molar-refractivity contribution in [1.29, 1.82) is 0 Å². The van der Waals surface area contributed by atoms with Gasteiger partial charge in [0, 0.05) is 12.6 Å². The third-order valence-electron chi connectivity index (χ3n) is 3.73. The molecule has 1 aliphatic heterocycles. The average Bonchev–Trinajstić information content (AvgIpc) is 2.79. The summed E-state index contributed by atoms with van der Waals surface area (Å²) in [7, 11) is -6.86. The van der Waals surface area contributed by atoms with Gasteiger partial charge in [-0.25, -0.2) is 16.8 Å². The quantitative estimate of drug-likeness (QED) is 0.770. The second-order valence-corrected chi connectivity index (χ2v) is 10.0. The first-order chi connectivity index (χ1) is 10.7. The highest BCUT2D eigenvalue weighted by molar-refractivity contribution is 7.92. The first-order valence-corrected chi connectivity index (χ1v) is 10.9. The summed E-state index contributed by atoms with van der Waals surface area (Å²) in [5.74, 6) is 0.546. The van der Waals surface area contributed by atoms with Crippen LogP contribution in [0.15, 0.2) is 29.2 Å². The lowest BCUT2D eigenvalue weighted by Crippen LogP contribution is -2.40. The van der Waals surface area contributed by atoms with Crippen LogP contribution in [0.5, 0.6) is 5.75 Å². The van der Waals surface area contributed by atoms with Gasteiger partial charge in [0.15, 0.2) is 9.84 Å². The maximum Gasteiger partial charge on any atom is 0.243 e. The summed E-state index contributed by atoms with van der Waals surface area (Å²) in [4.78, 5) is 0.153. The van der Waals surface area contributed by atoms with Crippen LogP contribution in [0.2, 0.25) is 0 Å². The van der Waals surface area contributed by atoms with E-state index in [2.05, 4.69) is 0 Å². The van der Waals surface area contributed by atoms with E-state index in [1.807, 2.05) is 13.8 Å². The molecule has 0 radical (unpaired) electrons. The van der Waals surface area contributed by atoms with Crippen LogP contribution in [-0.4, -0.2) is 51.3 Å². The molecule has 130 valence electrons. The van der Waals surface area contributed by atoms with Crippen LogP contribution >= 0.6 is 0 Å². The largest absolute Gasteiger partial charge is 0.491 e. The van der Waals surface area contributed by atoms with Gasteiger partial charge >= 0.3 is 0 Å². The molecule has 23 heavy (non-hydrogen) atoms. The molecular weight excluding hydrogens is 338 g/mol. The fourth-order valence-electron chi connectivity index (χ4n) is 2.72. The second-order valence-electron chi connectivity index (χ2n) is 5.90.